The molecule has 126 valence electrons. The number of fused-ring (bicyclic) bond motifs is 2. The summed E-state index contributed by atoms with van der Waals surface area (Å²) in [5.41, 5.74) is 3.93. The Morgan fingerprint density at radius 3 is 2.88 bits per heavy atom. The summed E-state index contributed by atoms with van der Waals surface area (Å²) in [5, 5.41) is 0. The van der Waals surface area contributed by atoms with Crippen LogP contribution in [0.5, 0.6) is 0 Å². The fraction of sp³-hybridized carbons (Fsp3) is 0.211. The van der Waals surface area contributed by atoms with Gasteiger partial charge in [-0.25, -0.2) is 9.78 Å². The maximum Gasteiger partial charge on any atom is 0.338 e. The molecule has 1 amide bonds. The predicted molar refractivity (Wildman–Crippen MR) is 89.9 cm³/mol. The topological polar surface area (TPSA) is 72.6 Å². The van der Waals surface area contributed by atoms with Crippen molar-refractivity contribution in [1.82, 2.24) is 9.88 Å². The molecule has 0 saturated carbocycles. The van der Waals surface area contributed by atoms with Gasteiger partial charge in [-0.05, 0) is 35.7 Å². The molecule has 25 heavy (non-hydrogen) atoms. The van der Waals surface area contributed by atoms with Crippen molar-refractivity contribution in [3.63, 3.8) is 0 Å². The van der Waals surface area contributed by atoms with Gasteiger partial charge in [-0.15, -0.1) is 0 Å². The molecular weight excluding hydrogens is 320 g/mol. The van der Waals surface area contributed by atoms with E-state index in [0.29, 0.717) is 29.8 Å². The van der Waals surface area contributed by atoms with Crippen LogP contribution < -0.4 is 0 Å². The summed E-state index contributed by atoms with van der Waals surface area (Å²) in [6.45, 7) is 0.924. The highest BCUT2D eigenvalue weighted by atomic mass is 16.5. The molecule has 4 rings (SSSR count). The zero-order chi connectivity index (χ0) is 17.2. The first-order valence-electron chi connectivity index (χ1n) is 8.05. The number of carbonyl (C=O) groups is 2. The standard InChI is InChI=1S/C19H16N2O4/c22-18(21-8-7-13-3-1-2-4-15(13)10-21)11-24-19(23)14-5-6-17-16(9-14)20-12-25-17/h1-6,9,12H,7-8,10-11H2. The number of benzene rings is 2. The molecule has 1 aliphatic rings. The Hall–Kier alpha value is -3.15. The first-order valence-corrected chi connectivity index (χ1v) is 8.05. The average Bonchev–Trinajstić information content (AvgIpc) is 3.13. The summed E-state index contributed by atoms with van der Waals surface area (Å²) >= 11 is 0. The van der Waals surface area contributed by atoms with Crippen LogP contribution in [0, 0.1) is 0 Å². The van der Waals surface area contributed by atoms with E-state index in [1.807, 2.05) is 18.2 Å². The lowest BCUT2D eigenvalue weighted by Gasteiger charge is -2.28. The van der Waals surface area contributed by atoms with E-state index in [1.165, 1.54) is 12.0 Å². The van der Waals surface area contributed by atoms with Gasteiger partial charge in [0.05, 0.1) is 5.56 Å². The van der Waals surface area contributed by atoms with Crippen molar-refractivity contribution >= 4 is 23.0 Å². The molecule has 1 aliphatic heterocycles. The first kappa shape index (κ1) is 15.4. The quantitative estimate of drug-likeness (QED) is 0.687. The van der Waals surface area contributed by atoms with Gasteiger partial charge in [0, 0.05) is 13.1 Å². The first-order chi connectivity index (χ1) is 12.2. The van der Waals surface area contributed by atoms with Crippen molar-refractivity contribution < 1.29 is 18.7 Å². The fourth-order valence-electron chi connectivity index (χ4n) is 3.00. The number of aromatic nitrogens is 1. The summed E-state index contributed by atoms with van der Waals surface area (Å²) in [7, 11) is 0. The van der Waals surface area contributed by atoms with Crippen LogP contribution in [0.4, 0.5) is 0 Å². The van der Waals surface area contributed by atoms with E-state index in [1.54, 1.807) is 23.1 Å². The molecule has 2 aromatic carbocycles. The molecule has 0 fully saturated rings. The van der Waals surface area contributed by atoms with E-state index in [-0.39, 0.29) is 12.5 Å². The number of carbonyl (C=O) groups excluding carboxylic acids is 2. The second-order valence-corrected chi connectivity index (χ2v) is 5.95. The van der Waals surface area contributed by atoms with Crippen LogP contribution in [0.3, 0.4) is 0 Å². The SMILES string of the molecule is O=C(OCC(=O)N1CCc2ccccc2C1)c1ccc2ocnc2c1. The van der Waals surface area contributed by atoms with Crippen molar-refractivity contribution in [3.05, 3.63) is 65.5 Å². The molecule has 3 aromatic rings. The number of oxazole rings is 1. The minimum atomic E-state index is -0.546. The fourth-order valence-corrected chi connectivity index (χ4v) is 3.00. The molecule has 6 heteroatoms. The molecule has 0 unspecified atom stereocenters. The Morgan fingerprint density at radius 1 is 1.16 bits per heavy atom. The molecule has 0 bridgehead atoms. The van der Waals surface area contributed by atoms with Crippen molar-refractivity contribution in [2.75, 3.05) is 13.2 Å². The Morgan fingerprint density at radius 2 is 2.00 bits per heavy atom. The molecule has 0 radical (unpaired) electrons. The van der Waals surface area contributed by atoms with Gasteiger partial charge in [0.25, 0.3) is 5.91 Å². The number of ether oxygens (including phenoxy) is 1. The zero-order valence-electron chi connectivity index (χ0n) is 13.5. The third-order valence-electron chi connectivity index (χ3n) is 4.38. The molecule has 0 saturated heterocycles. The maximum atomic E-state index is 12.3. The van der Waals surface area contributed by atoms with Crippen LogP contribution in [0.25, 0.3) is 11.1 Å². The van der Waals surface area contributed by atoms with Crippen LogP contribution in [-0.2, 0) is 22.5 Å². The van der Waals surface area contributed by atoms with E-state index >= 15 is 0 Å². The van der Waals surface area contributed by atoms with Crippen LogP contribution in [0.2, 0.25) is 0 Å². The third-order valence-corrected chi connectivity index (χ3v) is 4.38. The Balaban J connectivity index is 1.37. The number of nitrogens with zero attached hydrogens (tertiary/aromatic N) is 2. The minimum absolute atomic E-state index is 0.189. The largest absolute Gasteiger partial charge is 0.452 e. The second-order valence-electron chi connectivity index (χ2n) is 5.95. The van der Waals surface area contributed by atoms with Gasteiger partial charge in [-0.1, -0.05) is 24.3 Å². The van der Waals surface area contributed by atoms with Crippen LogP contribution in [0.15, 0.2) is 53.3 Å². The number of esters is 1. The molecule has 0 aliphatic carbocycles. The Kier molecular flexibility index (Phi) is 3.93. The molecule has 0 atom stereocenters. The monoisotopic (exact) mass is 336 g/mol. The predicted octanol–water partition coefficient (Wildman–Crippen LogP) is 2.57. The molecule has 0 spiro atoms. The molecule has 6 nitrogen and oxygen atoms in total. The van der Waals surface area contributed by atoms with Gasteiger partial charge in [-0.3, -0.25) is 4.79 Å². The molecule has 2 heterocycles. The maximum absolute atomic E-state index is 12.3. The summed E-state index contributed by atoms with van der Waals surface area (Å²) in [6.07, 6.45) is 2.14. The third kappa shape index (κ3) is 3.10. The molecule has 0 N–H and O–H groups in total. The van der Waals surface area contributed by atoms with Gasteiger partial charge >= 0.3 is 5.97 Å². The summed E-state index contributed by atoms with van der Waals surface area (Å²) < 4.78 is 10.3. The molecular formula is C19H16N2O4. The lowest BCUT2D eigenvalue weighted by Crippen LogP contribution is -2.38. The summed E-state index contributed by atoms with van der Waals surface area (Å²) in [4.78, 5) is 30.2. The van der Waals surface area contributed by atoms with Gasteiger partial charge in [0.2, 0.25) is 0 Å². The van der Waals surface area contributed by atoms with E-state index < -0.39 is 5.97 Å². The Labute approximate surface area is 144 Å². The normalized spacial score (nSPS) is 13.5. The average molecular weight is 336 g/mol. The van der Waals surface area contributed by atoms with Crippen LogP contribution in [-0.4, -0.2) is 34.9 Å². The smallest absolute Gasteiger partial charge is 0.338 e. The van der Waals surface area contributed by atoms with Gasteiger partial charge in [0.1, 0.15) is 5.52 Å². The highest BCUT2D eigenvalue weighted by Gasteiger charge is 2.21. The van der Waals surface area contributed by atoms with E-state index in [2.05, 4.69) is 11.1 Å². The van der Waals surface area contributed by atoms with Crippen LogP contribution in [0.1, 0.15) is 21.5 Å². The lowest BCUT2D eigenvalue weighted by molar-refractivity contribution is -0.135. The summed E-state index contributed by atoms with van der Waals surface area (Å²) in [6, 6.07) is 12.9. The minimum Gasteiger partial charge on any atom is -0.452 e. The second kappa shape index (κ2) is 6.39. The number of hydrogen-bond acceptors (Lipinski definition) is 5. The van der Waals surface area contributed by atoms with Gasteiger partial charge in [-0.2, -0.15) is 0 Å². The van der Waals surface area contributed by atoms with Gasteiger partial charge < -0.3 is 14.1 Å². The number of amides is 1. The van der Waals surface area contributed by atoms with E-state index in [4.69, 9.17) is 9.15 Å². The number of rotatable bonds is 3. The molecule has 1 aromatic heterocycles. The highest BCUT2D eigenvalue weighted by Crippen LogP contribution is 2.19. The summed E-state index contributed by atoms with van der Waals surface area (Å²) in [5.74, 6) is -0.735. The van der Waals surface area contributed by atoms with Crippen molar-refractivity contribution in [1.29, 1.82) is 0 Å². The van der Waals surface area contributed by atoms with E-state index in [0.717, 1.165) is 12.0 Å². The van der Waals surface area contributed by atoms with Crippen molar-refractivity contribution in [2.24, 2.45) is 0 Å². The van der Waals surface area contributed by atoms with E-state index in [9.17, 15) is 9.59 Å². The van der Waals surface area contributed by atoms with Crippen molar-refractivity contribution in [2.45, 2.75) is 13.0 Å². The number of hydrogen-bond donors (Lipinski definition) is 0. The Bertz CT molecular complexity index is 947. The van der Waals surface area contributed by atoms with Gasteiger partial charge in [0.15, 0.2) is 18.6 Å². The van der Waals surface area contributed by atoms with Crippen molar-refractivity contribution in [3.8, 4) is 0 Å². The zero-order valence-corrected chi connectivity index (χ0v) is 13.5. The highest BCUT2D eigenvalue weighted by molar-refractivity contribution is 5.94. The lowest BCUT2D eigenvalue weighted by atomic mass is 10.00. The van der Waals surface area contributed by atoms with Crippen LogP contribution >= 0.6 is 0 Å².